The maximum Gasteiger partial charge on any atom is 0.0645 e. The first-order valence-electron chi connectivity index (χ1n) is 8.20. The van der Waals surface area contributed by atoms with Gasteiger partial charge in [-0.3, -0.25) is 0 Å². The van der Waals surface area contributed by atoms with E-state index in [9.17, 15) is 0 Å². The van der Waals surface area contributed by atoms with Gasteiger partial charge in [-0.25, -0.2) is 0 Å². The van der Waals surface area contributed by atoms with E-state index in [1.165, 1.54) is 82.9 Å². The molecule has 1 heterocycles. The zero-order valence-corrected chi connectivity index (χ0v) is 13.0. The molecular formula is C16H31NS. The van der Waals surface area contributed by atoms with Crippen molar-refractivity contribution in [3.63, 3.8) is 0 Å². The average Bonchev–Trinajstić information content (AvgIpc) is 2.37. The maximum atomic E-state index is 3.90. The van der Waals surface area contributed by atoms with Crippen molar-refractivity contribution in [2.24, 2.45) is 5.92 Å². The molecule has 1 unspecified atom stereocenters. The highest BCUT2D eigenvalue weighted by Gasteiger charge is 2.33. The molecule has 1 aliphatic heterocycles. The van der Waals surface area contributed by atoms with Crippen molar-refractivity contribution < 1.29 is 0 Å². The molecule has 106 valence electrons. The Kier molecular flexibility index (Phi) is 6.37. The van der Waals surface area contributed by atoms with Crippen molar-refractivity contribution >= 4 is 11.8 Å². The van der Waals surface area contributed by atoms with Crippen LogP contribution in [0.25, 0.3) is 0 Å². The molecule has 1 spiro atoms. The second-order valence-electron chi connectivity index (χ2n) is 6.47. The van der Waals surface area contributed by atoms with Crippen LogP contribution in [0.15, 0.2) is 0 Å². The van der Waals surface area contributed by atoms with Crippen molar-refractivity contribution in [1.29, 1.82) is 0 Å². The molecule has 0 aromatic carbocycles. The minimum Gasteiger partial charge on any atom is -0.303 e. The normalized spacial score (nSPS) is 31.5. The molecule has 0 amide bonds. The van der Waals surface area contributed by atoms with Gasteiger partial charge in [0.25, 0.3) is 0 Å². The van der Waals surface area contributed by atoms with Crippen LogP contribution in [0.4, 0.5) is 0 Å². The fourth-order valence-electron chi connectivity index (χ4n) is 3.28. The van der Waals surface area contributed by atoms with Crippen LogP contribution >= 0.6 is 11.8 Å². The van der Waals surface area contributed by atoms with Gasteiger partial charge in [0.1, 0.15) is 0 Å². The molecule has 0 bridgehead atoms. The number of rotatable bonds is 0. The standard InChI is InChI=1S/C16H31NS/c1-15-13-17-16(18-14-15)11-9-7-5-3-2-4-6-8-10-12-16/h15,17H,2-14H2,1H3. The Labute approximate surface area is 118 Å². The van der Waals surface area contributed by atoms with Gasteiger partial charge >= 0.3 is 0 Å². The highest BCUT2D eigenvalue weighted by molar-refractivity contribution is 8.00. The Balaban J connectivity index is 1.84. The highest BCUT2D eigenvalue weighted by Crippen LogP contribution is 2.38. The molecule has 0 aromatic rings. The molecule has 1 nitrogen and oxygen atoms in total. The lowest BCUT2D eigenvalue weighted by molar-refractivity contribution is 0.341. The zero-order chi connectivity index (χ0) is 12.7. The number of hydrogen-bond acceptors (Lipinski definition) is 2. The molecule has 1 aliphatic carbocycles. The summed E-state index contributed by atoms with van der Waals surface area (Å²) >= 11 is 2.23. The first-order chi connectivity index (χ1) is 8.81. The lowest BCUT2D eigenvalue weighted by Crippen LogP contribution is -2.48. The smallest absolute Gasteiger partial charge is 0.0645 e. The quantitative estimate of drug-likeness (QED) is 0.667. The van der Waals surface area contributed by atoms with E-state index in [1.807, 2.05) is 0 Å². The first kappa shape index (κ1) is 14.7. The molecule has 2 rings (SSSR count). The van der Waals surface area contributed by atoms with Crippen molar-refractivity contribution in [2.45, 2.75) is 82.4 Å². The van der Waals surface area contributed by atoms with Crippen molar-refractivity contribution in [3.05, 3.63) is 0 Å². The Hall–Kier alpha value is 0.310. The SMILES string of the molecule is CC1CNC2(CCCCCCCCCCC2)SC1. The highest BCUT2D eigenvalue weighted by atomic mass is 32.2. The molecule has 1 saturated heterocycles. The van der Waals surface area contributed by atoms with E-state index in [4.69, 9.17) is 0 Å². The Morgan fingerprint density at radius 2 is 1.33 bits per heavy atom. The second-order valence-corrected chi connectivity index (χ2v) is 7.88. The zero-order valence-electron chi connectivity index (χ0n) is 12.2. The van der Waals surface area contributed by atoms with Crippen LogP contribution in [0.5, 0.6) is 0 Å². The molecule has 0 radical (unpaired) electrons. The predicted octanol–water partition coefficient (Wildman–Crippen LogP) is 4.96. The van der Waals surface area contributed by atoms with Gasteiger partial charge in [-0.2, -0.15) is 0 Å². The maximum absolute atomic E-state index is 3.90. The topological polar surface area (TPSA) is 12.0 Å². The third-order valence-electron chi connectivity index (χ3n) is 4.58. The van der Waals surface area contributed by atoms with Gasteiger partial charge in [-0.05, 0) is 31.1 Å². The summed E-state index contributed by atoms with van der Waals surface area (Å²) in [6.45, 7) is 3.62. The summed E-state index contributed by atoms with van der Waals surface area (Å²) in [5.74, 6) is 2.23. The van der Waals surface area contributed by atoms with Gasteiger partial charge in [0.05, 0.1) is 4.87 Å². The molecule has 0 aromatic heterocycles. The summed E-state index contributed by atoms with van der Waals surface area (Å²) in [6, 6.07) is 0. The molecule has 18 heavy (non-hydrogen) atoms. The molecule has 2 fully saturated rings. The Morgan fingerprint density at radius 3 is 1.78 bits per heavy atom. The van der Waals surface area contributed by atoms with E-state index in [1.54, 1.807) is 0 Å². The van der Waals surface area contributed by atoms with Crippen molar-refractivity contribution in [1.82, 2.24) is 5.32 Å². The van der Waals surface area contributed by atoms with Gasteiger partial charge in [-0.1, -0.05) is 64.7 Å². The van der Waals surface area contributed by atoms with E-state index < -0.39 is 0 Å². The lowest BCUT2D eigenvalue weighted by atomic mass is 9.96. The first-order valence-corrected chi connectivity index (χ1v) is 9.18. The summed E-state index contributed by atoms with van der Waals surface area (Å²) in [5.41, 5.74) is 0. The minimum atomic E-state index is 0.450. The van der Waals surface area contributed by atoms with Crippen LogP contribution in [-0.2, 0) is 0 Å². The Bertz CT molecular complexity index is 207. The van der Waals surface area contributed by atoms with Crippen molar-refractivity contribution in [3.8, 4) is 0 Å². The van der Waals surface area contributed by atoms with E-state index in [2.05, 4.69) is 24.0 Å². The van der Waals surface area contributed by atoms with Gasteiger partial charge in [0, 0.05) is 0 Å². The third kappa shape index (κ3) is 4.77. The fraction of sp³-hybridized carbons (Fsp3) is 1.00. The summed E-state index contributed by atoms with van der Waals surface area (Å²) in [6.07, 6.45) is 16.0. The van der Waals surface area contributed by atoms with Gasteiger partial charge < -0.3 is 5.32 Å². The molecule has 1 N–H and O–H groups in total. The molecule has 2 aliphatic rings. The van der Waals surface area contributed by atoms with E-state index in [0.29, 0.717) is 4.87 Å². The molecule has 2 heteroatoms. The molecule has 1 atom stereocenters. The summed E-state index contributed by atoms with van der Waals surface area (Å²) < 4.78 is 0. The summed E-state index contributed by atoms with van der Waals surface area (Å²) in [7, 11) is 0. The number of nitrogens with one attached hydrogen (secondary N) is 1. The average molecular weight is 269 g/mol. The summed E-state index contributed by atoms with van der Waals surface area (Å²) in [4.78, 5) is 0.450. The van der Waals surface area contributed by atoms with Gasteiger partial charge in [0.15, 0.2) is 0 Å². The van der Waals surface area contributed by atoms with E-state index in [0.717, 1.165) is 5.92 Å². The number of thioether (sulfide) groups is 1. The largest absolute Gasteiger partial charge is 0.303 e. The Morgan fingerprint density at radius 1 is 0.833 bits per heavy atom. The van der Waals surface area contributed by atoms with Gasteiger partial charge in [0.2, 0.25) is 0 Å². The van der Waals surface area contributed by atoms with Crippen LogP contribution in [0.2, 0.25) is 0 Å². The van der Waals surface area contributed by atoms with Crippen LogP contribution < -0.4 is 5.32 Å². The monoisotopic (exact) mass is 269 g/mol. The minimum absolute atomic E-state index is 0.450. The van der Waals surface area contributed by atoms with Crippen LogP contribution in [0.3, 0.4) is 0 Å². The molecule has 1 saturated carbocycles. The summed E-state index contributed by atoms with van der Waals surface area (Å²) in [5, 5.41) is 3.90. The van der Waals surface area contributed by atoms with Crippen molar-refractivity contribution in [2.75, 3.05) is 12.3 Å². The van der Waals surface area contributed by atoms with Gasteiger partial charge in [-0.15, -0.1) is 11.8 Å². The lowest BCUT2D eigenvalue weighted by Gasteiger charge is -2.40. The van der Waals surface area contributed by atoms with E-state index in [-0.39, 0.29) is 0 Å². The van der Waals surface area contributed by atoms with E-state index >= 15 is 0 Å². The molecular weight excluding hydrogens is 238 g/mol. The predicted molar refractivity (Wildman–Crippen MR) is 83.1 cm³/mol. The number of hydrogen-bond donors (Lipinski definition) is 1. The fourth-order valence-corrected chi connectivity index (χ4v) is 4.76. The second kappa shape index (κ2) is 7.79. The van der Waals surface area contributed by atoms with Crippen LogP contribution in [0.1, 0.15) is 77.6 Å². The third-order valence-corrected chi connectivity index (χ3v) is 6.42. The van der Waals surface area contributed by atoms with Crippen LogP contribution in [-0.4, -0.2) is 17.2 Å². The van der Waals surface area contributed by atoms with Crippen LogP contribution in [0, 0.1) is 5.92 Å².